The summed E-state index contributed by atoms with van der Waals surface area (Å²) >= 11 is 4.40. The minimum Gasteiger partial charge on any atom is -0.477 e. The number of carboxylic acids is 1. The molecule has 0 amide bonds. The van der Waals surface area contributed by atoms with Crippen molar-refractivity contribution in [2.75, 3.05) is 0 Å². The first-order valence-electron chi connectivity index (χ1n) is 4.03. The number of carbonyl (C=O) groups is 1. The van der Waals surface area contributed by atoms with E-state index in [2.05, 4.69) is 20.9 Å². The van der Waals surface area contributed by atoms with Gasteiger partial charge in [-0.25, -0.2) is 9.78 Å². The van der Waals surface area contributed by atoms with E-state index in [1.807, 2.05) is 0 Å². The third-order valence-electron chi connectivity index (χ3n) is 1.80. The number of aromatic nitrogens is 1. The van der Waals surface area contributed by atoms with Gasteiger partial charge in [0.2, 0.25) is 0 Å². The Hall–Kier alpha value is -1.14. The van der Waals surface area contributed by atoms with E-state index in [0.29, 0.717) is 16.5 Å². The van der Waals surface area contributed by atoms with Gasteiger partial charge < -0.3 is 9.52 Å². The highest BCUT2D eigenvalue weighted by molar-refractivity contribution is 9.10. The molecule has 0 aliphatic rings. The number of furan rings is 1. The van der Waals surface area contributed by atoms with Crippen molar-refractivity contribution >= 4 is 33.2 Å². The number of thiazole rings is 1. The van der Waals surface area contributed by atoms with E-state index in [9.17, 15) is 4.79 Å². The van der Waals surface area contributed by atoms with Gasteiger partial charge in [0.15, 0.2) is 10.8 Å². The summed E-state index contributed by atoms with van der Waals surface area (Å²) in [5, 5.41) is 9.44. The van der Waals surface area contributed by atoms with Gasteiger partial charge in [0.25, 0.3) is 0 Å². The second-order valence-corrected chi connectivity index (χ2v) is 4.69. The molecule has 0 aromatic carbocycles. The second-order valence-electron chi connectivity index (χ2n) is 2.84. The number of aromatic carboxylic acids is 1. The van der Waals surface area contributed by atoms with E-state index < -0.39 is 5.97 Å². The number of carboxylic acid groups (broad SMARTS) is 1. The van der Waals surface area contributed by atoms with Gasteiger partial charge in [-0.1, -0.05) is 0 Å². The van der Waals surface area contributed by atoms with Crippen LogP contribution >= 0.6 is 27.3 Å². The van der Waals surface area contributed by atoms with Crippen molar-refractivity contribution in [3.63, 3.8) is 0 Å². The molecule has 0 saturated heterocycles. The lowest BCUT2D eigenvalue weighted by Gasteiger charge is -1.88. The maximum atomic E-state index is 10.8. The molecule has 0 unspecified atom stereocenters. The Kier molecular flexibility index (Phi) is 2.62. The zero-order chi connectivity index (χ0) is 11.0. The normalized spacial score (nSPS) is 10.5. The van der Waals surface area contributed by atoms with E-state index in [1.165, 1.54) is 6.26 Å². The van der Waals surface area contributed by atoms with Gasteiger partial charge in [0.05, 0.1) is 16.4 Å². The lowest BCUT2D eigenvalue weighted by molar-refractivity contribution is 0.0701. The molecule has 0 saturated carbocycles. The van der Waals surface area contributed by atoms with Crippen molar-refractivity contribution in [3.8, 4) is 10.8 Å². The zero-order valence-electron chi connectivity index (χ0n) is 7.65. The predicted octanol–water partition coefficient (Wildman–Crippen LogP) is 3.17. The van der Waals surface area contributed by atoms with Gasteiger partial charge in [-0.05, 0) is 28.9 Å². The van der Waals surface area contributed by atoms with E-state index in [1.54, 1.807) is 13.0 Å². The second kappa shape index (κ2) is 3.79. The van der Waals surface area contributed by atoms with Crippen LogP contribution in [-0.4, -0.2) is 16.1 Å². The third kappa shape index (κ3) is 1.82. The summed E-state index contributed by atoms with van der Waals surface area (Å²) < 4.78 is 5.98. The van der Waals surface area contributed by atoms with Crippen LogP contribution in [0, 0.1) is 6.92 Å². The molecule has 6 heteroatoms. The number of hydrogen-bond acceptors (Lipinski definition) is 4. The Balaban J connectivity index is 2.52. The van der Waals surface area contributed by atoms with Gasteiger partial charge in [-0.15, -0.1) is 11.3 Å². The smallest absolute Gasteiger partial charge is 0.347 e. The van der Waals surface area contributed by atoms with Crippen molar-refractivity contribution in [2.24, 2.45) is 0 Å². The highest BCUT2D eigenvalue weighted by Gasteiger charge is 2.18. The van der Waals surface area contributed by atoms with Crippen LogP contribution in [-0.2, 0) is 0 Å². The van der Waals surface area contributed by atoms with E-state index in [0.717, 1.165) is 15.8 Å². The van der Waals surface area contributed by atoms with Crippen LogP contribution in [0.2, 0.25) is 0 Å². The Morgan fingerprint density at radius 3 is 2.87 bits per heavy atom. The fraction of sp³-hybridized carbons (Fsp3) is 0.111. The number of rotatable bonds is 2. The monoisotopic (exact) mass is 287 g/mol. The average Bonchev–Trinajstić information content (AvgIpc) is 2.71. The first-order chi connectivity index (χ1) is 7.09. The van der Waals surface area contributed by atoms with Crippen molar-refractivity contribution in [1.29, 1.82) is 0 Å². The molecule has 0 fully saturated rings. The fourth-order valence-corrected chi connectivity index (χ4v) is 2.57. The lowest BCUT2D eigenvalue weighted by atomic mass is 10.4. The summed E-state index contributed by atoms with van der Waals surface area (Å²) in [5.74, 6) is -0.394. The molecule has 2 rings (SSSR count). The number of aryl methyl sites for hydroxylation is 1. The molecule has 0 bridgehead atoms. The summed E-state index contributed by atoms with van der Waals surface area (Å²) in [6.07, 6.45) is 1.52. The van der Waals surface area contributed by atoms with E-state index in [4.69, 9.17) is 9.52 Å². The van der Waals surface area contributed by atoms with Crippen LogP contribution in [0.15, 0.2) is 21.2 Å². The Morgan fingerprint density at radius 1 is 1.67 bits per heavy atom. The minimum absolute atomic E-state index is 0.244. The molecule has 1 N–H and O–H groups in total. The van der Waals surface area contributed by atoms with Crippen molar-refractivity contribution in [2.45, 2.75) is 6.92 Å². The van der Waals surface area contributed by atoms with Crippen LogP contribution in [0.25, 0.3) is 10.8 Å². The van der Waals surface area contributed by atoms with Crippen LogP contribution in [0.3, 0.4) is 0 Å². The van der Waals surface area contributed by atoms with Crippen LogP contribution in [0.5, 0.6) is 0 Å². The summed E-state index contributed by atoms with van der Waals surface area (Å²) in [7, 11) is 0. The maximum absolute atomic E-state index is 10.8. The molecular weight excluding hydrogens is 282 g/mol. The topological polar surface area (TPSA) is 63.3 Å². The summed E-state index contributed by atoms with van der Waals surface area (Å²) in [6, 6.07) is 1.74. The van der Waals surface area contributed by atoms with Gasteiger partial charge in [0.1, 0.15) is 4.88 Å². The Labute approximate surface area is 97.7 Å². The molecule has 0 atom stereocenters. The summed E-state index contributed by atoms with van der Waals surface area (Å²) in [6.45, 7) is 1.67. The highest BCUT2D eigenvalue weighted by Crippen LogP contribution is 2.33. The third-order valence-corrected chi connectivity index (χ3v) is 3.57. The SMILES string of the molecule is Cc1nc(-c2occc2Br)sc1C(=O)O. The molecule has 4 nitrogen and oxygen atoms in total. The lowest BCUT2D eigenvalue weighted by Crippen LogP contribution is -1.94. The average molecular weight is 288 g/mol. The number of hydrogen-bond donors (Lipinski definition) is 1. The van der Waals surface area contributed by atoms with Gasteiger partial charge >= 0.3 is 5.97 Å². The molecule has 78 valence electrons. The minimum atomic E-state index is -0.959. The Bertz CT molecular complexity index is 517. The molecule has 2 aromatic rings. The van der Waals surface area contributed by atoms with Crippen LogP contribution < -0.4 is 0 Å². The van der Waals surface area contributed by atoms with Crippen molar-refractivity contribution < 1.29 is 14.3 Å². The Morgan fingerprint density at radius 2 is 2.40 bits per heavy atom. The van der Waals surface area contributed by atoms with Gasteiger partial charge in [-0.3, -0.25) is 0 Å². The molecular formula is C9H6BrNO3S. The molecule has 0 radical (unpaired) electrons. The summed E-state index contributed by atoms with van der Waals surface area (Å²) in [4.78, 5) is 15.2. The quantitative estimate of drug-likeness (QED) is 0.921. The van der Waals surface area contributed by atoms with Gasteiger partial charge in [-0.2, -0.15) is 0 Å². The maximum Gasteiger partial charge on any atom is 0.347 e. The number of nitrogens with zero attached hydrogens (tertiary/aromatic N) is 1. The molecule has 0 aliphatic heterocycles. The fourth-order valence-electron chi connectivity index (χ4n) is 1.14. The molecule has 2 heterocycles. The molecule has 0 aliphatic carbocycles. The number of halogens is 1. The highest BCUT2D eigenvalue weighted by atomic mass is 79.9. The largest absolute Gasteiger partial charge is 0.477 e. The van der Waals surface area contributed by atoms with Crippen molar-refractivity contribution in [3.05, 3.63) is 27.4 Å². The summed E-state index contributed by atoms with van der Waals surface area (Å²) in [5.41, 5.74) is 0.505. The molecule has 2 aromatic heterocycles. The van der Waals surface area contributed by atoms with E-state index >= 15 is 0 Å². The zero-order valence-corrected chi connectivity index (χ0v) is 10.1. The first-order valence-corrected chi connectivity index (χ1v) is 5.64. The van der Waals surface area contributed by atoms with E-state index in [-0.39, 0.29) is 4.88 Å². The standard InChI is InChI=1S/C9H6BrNO3S/c1-4-7(9(12)13)15-8(11-4)6-5(10)2-3-14-6/h2-3H,1H3,(H,12,13). The van der Waals surface area contributed by atoms with Crippen LogP contribution in [0.4, 0.5) is 0 Å². The van der Waals surface area contributed by atoms with Gasteiger partial charge in [0, 0.05) is 0 Å². The predicted molar refractivity (Wildman–Crippen MR) is 59.2 cm³/mol. The first kappa shape index (κ1) is 10.4. The molecule has 0 spiro atoms. The molecule has 15 heavy (non-hydrogen) atoms. The van der Waals surface area contributed by atoms with Crippen LogP contribution in [0.1, 0.15) is 15.4 Å². The van der Waals surface area contributed by atoms with Crippen molar-refractivity contribution in [1.82, 2.24) is 4.98 Å².